The summed E-state index contributed by atoms with van der Waals surface area (Å²) in [5.74, 6) is 1.56. The van der Waals surface area contributed by atoms with Gasteiger partial charge in [-0.15, -0.1) is 0 Å². The number of benzene rings is 1. The van der Waals surface area contributed by atoms with E-state index in [1.807, 2.05) is 12.1 Å². The number of fused-ring (bicyclic) bond motifs is 4. The van der Waals surface area contributed by atoms with Crippen LogP contribution in [0.25, 0.3) is 11.0 Å². The summed E-state index contributed by atoms with van der Waals surface area (Å²) in [6.45, 7) is 0. The van der Waals surface area contributed by atoms with E-state index in [9.17, 15) is 10.4 Å². The quantitative estimate of drug-likeness (QED) is 0.674. The standard InChI is InChI=1S/C17H20N4O2/c22-20-15-8-11-2-1-3-12(11)9-16(15)21(23)19-17(20)18-14-7-10-4-5-13(14)6-10/h8-10,13-14H,1-7H2,(H,18,19)/t10-,13-,14-/m1/s1. The minimum absolute atomic E-state index is 0.156. The van der Waals surface area contributed by atoms with Crippen molar-refractivity contribution in [3.63, 3.8) is 0 Å². The highest BCUT2D eigenvalue weighted by atomic mass is 16.5. The third kappa shape index (κ3) is 1.97. The second-order valence-electron chi connectivity index (χ2n) is 7.38. The zero-order valence-corrected chi connectivity index (χ0v) is 13.0. The molecule has 6 nitrogen and oxygen atoms in total. The van der Waals surface area contributed by atoms with Crippen molar-refractivity contribution in [2.75, 3.05) is 5.32 Å². The maximum Gasteiger partial charge on any atom is 0.461 e. The number of nitrogens with zero attached hydrogens (tertiary/aromatic N) is 3. The van der Waals surface area contributed by atoms with Gasteiger partial charge in [-0.25, -0.2) is 4.73 Å². The Bertz CT molecular complexity index is 807. The van der Waals surface area contributed by atoms with E-state index in [0.29, 0.717) is 21.8 Å². The Hall–Kier alpha value is -2.11. The predicted molar refractivity (Wildman–Crippen MR) is 84.5 cm³/mol. The van der Waals surface area contributed by atoms with Crippen molar-refractivity contribution < 1.29 is 9.58 Å². The molecule has 3 aliphatic carbocycles. The minimum Gasteiger partial charge on any atom is -0.739 e. The summed E-state index contributed by atoms with van der Waals surface area (Å²) in [4.78, 5) is 0.609. The summed E-state index contributed by atoms with van der Waals surface area (Å²) in [6, 6.07) is 4.01. The third-order valence-corrected chi connectivity index (χ3v) is 6.04. The Morgan fingerprint density at radius 1 is 1.04 bits per heavy atom. The fraction of sp³-hybridized carbons (Fsp3) is 0.588. The molecular weight excluding hydrogens is 292 g/mol. The second kappa shape index (κ2) is 4.69. The average molecular weight is 312 g/mol. The lowest BCUT2D eigenvalue weighted by molar-refractivity contribution is -0.672. The van der Waals surface area contributed by atoms with Crippen molar-refractivity contribution in [1.82, 2.24) is 5.10 Å². The van der Waals surface area contributed by atoms with Gasteiger partial charge in [-0.2, -0.15) is 0 Å². The summed E-state index contributed by atoms with van der Waals surface area (Å²) in [5, 5.41) is 32.2. The van der Waals surface area contributed by atoms with Gasteiger partial charge in [0.25, 0.3) is 5.52 Å². The molecule has 2 fully saturated rings. The molecule has 5 rings (SSSR count). The predicted octanol–water partition coefficient (Wildman–Crippen LogP) is 1.59. The Balaban J connectivity index is 1.57. The lowest BCUT2D eigenvalue weighted by Crippen LogP contribution is -2.46. The smallest absolute Gasteiger partial charge is 0.461 e. The molecule has 1 aromatic heterocycles. The van der Waals surface area contributed by atoms with Gasteiger partial charge < -0.3 is 10.4 Å². The zero-order valence-electron chi connectivity index (χ0n) is 13.0. The van der Waals surface area contributed by atoms with Crippen LogP contribution in [0.4, 0.5) is 5.95 Å². The van der Waals surface area contributed by atoms with E-state index in [-0.39, 0.29) is 12.0 Å². The Kier molecular flexibility index (Phi) is 2.72. The Morgan fingerprint density at radius 2 is 1.83 bits per heavy atom. The van der Waals surface area contributed by atoms with Crippen LogP contribution in [0.1, 0.15) is 43.2 Å². The number of aromatic nitrogens is 3. The first kappa shape index (κ1) is 13.3. The van der Waals surface area contributed by atoms with Crippen molar-refractivity contribution in [2.45, 2.75) is 51.0 Å². The number of aryl methyl sites for hydroxylation is 2. The first-order chi connectivity index (χ1) is 11.2. The van der Waals surface area contributed by atoms with Gasteiger partial charge in [-0.05, 0) is 74.0 Å². The van der Waals surface area contributed by atoms with Crippen LogP contribution in [-0.4, -0.2) is 11.1 Å². The largest absolute Gasteiger partial charge is 0.739 e. The lowest BCUT2D eigenvalue weighted by atomic mass is 9.95. The number of hydrogen-bond donors (Lipinski definition) is 1. The van der Waals surface area contributed by atoms with E-state index in [1.54, 1.807) is 0 Å². The molecule has 120 valence electrons. The first-order valence-corrected chi connectivity index (χ1v) is 8.64. The van der Waals surface area contributed by atoms with E-state index in [1.165, 1.54) is 30.4 Å². The molecule has 0 unspecified atom stereocenters. The summed E-state index contributed by atoms with van der Waals surface area (Å²) < 4.78 is 0.814. The van der Waals surface area contributed by atoms with E-state index in [0.717, 1.165) is 36.3 Å². The van der Waals surface area contributed by atoms with Crippen LogP contribution in [0.2, 0.25) is 0 Å². The van der Waals surface area contributed by atoms with Gasteiger partial charge in [0.2, 0.25) is 5.10 Å². The van der Waals surface area contributed by atoms with Gasteiger partial charge in [-0.1, -0.05) is 0 Å². The van der Waals surface area contributed by atoms with Crippen molar-refractivity contribution in [3.05, 3.63) is 33.7 Å². The summed E-state index contributed by atoms with van der Waals surface area (Å²) in [6.07, 6.45) is 7.92. The molecular formula is C17H20N4O2. The van der Waals surface area contributed by atoms with Crippen LogP contribution in [-0.2, 0) is 12.8 Å². The van der Waals surface area contributed by atoms with Crippen molar-refractivity contribution in [2.24, 2.45) is 11.8 Å². The molecule has 0 spiro atoms. The molecule has 1 heterocycles. The number of anilines is 1. The summed E-state index contributed by atoms with van der Waals surface area (Å²) >= 11 is 0. The van der Waals surface area contributed by atoms with Gasteiger partial charge in [-0.3, -0.25) is 5.32 Å². The second-order valence-corrected chi connectivity index (χ2v) is 7.38. The molecule has 0 aliphatic heterocycles. The van der Waals surface area contributed by atoms with Crippen molar-refractivity contribution >= 4 is 17.0 Å². The SMILES string of the molecule is [O-][n+]1nc(N[C@@H]2C[C@@H]3CC[C@@H]2C3)[n+]([O-])c2cc3c(cc21)CCC3. The fourth-order valence-electron chi connectivity index (χ4n) is 4.88. The van der Waals surface area contributed by atoms with Gasteiger partial charge >= 0.3 is 5.95 Å². The normalized spacial score (nSPS) is 28.4. The van der Waals surface area contributed by atoms with Gasteiger partial charge in [0.05, 0.1) is 6.04 Å². The third-order valence-electron chi connectivity index (χ3n) is 6.04. The lowest BCUT2D eigenvalue weighted by Gasteiger charge is -2.20. The molecule has 0 saturated heterocycles. The highest BCUT2D eigenvalue weighted by molar-refractivity contribution is 5.71. The topological polar surface area (TPSA) is 78.8 Å². The summed E-state index contributed by atoms with van der Waals surface area (Å²) in [7, 11) is 0. The van der Waals surface area contributed by atoms with Gasteiger partial charge in [0, 0.05) is 10.9 Å². The molecule has 3 atom stereocenters. The Labute approximate surface area is 134 Å². The van der Waals surface area contributed by atoms with E-state index in [4.69, 9.17) is 0 Å². The molecule has 2 aromatic rings. The minimum atomic E-state index is 0.156. The molecule has 6 heteroatoms. The first-order valence-electron chi connectivity index (χ1n) is 8.64. The number of rotatable bonds is 2. The maximum atomic E-state index is 12.7. The van der Waals surface area contributed by atoms with Crippen LogP contribution in [0, 0.1) is 22.3 Å². The van der Waals surface area contributed by atoms with Crippen LogP contribution >= 0.6 is 0 Å². The molecule has 2 bridgehead atoms. The summed E-state index contributed by atoms with van der Waals surface area (Å²) in [5.41, 5.74) is 3.18. The van der Waals surface area contributed by atoms with Gasteiger partial charge in [0.15, 0.2) is 5.52 Å². The number of hydrogen-bond acceptors (Lipinski definition) is 4. The van der Waals surface area contributed by atoms with Crippen LogP contribution in [0.5, 0.6) is 0 Å². The molecule has 3 aliphatic rings. The monoisotopic (exact) mass is 312 g/mol. The Morgan fingerprint density at radius 3 is 2.52 bits per heavy atom. The molecule has 23 heavy (non-hydrogen) atoms. The molecule has 1 aromatic carbocycles. The van der Waals surface area contributed by atoms with Crippen LogP contribution < -0.4 is 14.9 Å². The highest BCUT2D eigenvalue weighted by Gasteiger charge is 2.42. The van der Waals surface area contributed by atoms with Crippen molar-refractivity contribution in [3.8, 4) is 0 Å². The molecule has 1 N–H and O–H groups in total. The molecule has 0 radical (unpaired) electrons. The zero-order chi connectivity index (χ0) is 15.6. The number of nitrogens with one attached hydrogen (secondary N) is 1. The average Bonchev–Trinajstić information content (AvgIpc) is 3.26. The molecule has 0 amide bonds. The molecule has 2 saturated carbocycles. The highest BCUT2D eigenvalue weighted by Crippen LogP contribution is 2.45. The fourth-order valence-corrected chi connectivity index (χ4v) is 4.88. The van der Waals surface area contributed by atoms with E-state index < -0.39 is 0 Å². The van der Waals surface area contributed by atoms with E-state index in [2.05, 4.69) is 10.4 Å². The van der Waals surface area contributed by atoms with Crippen LogP contribution in [0.15, 0.2) is 12.1 Å². The maximum absolute atomic E-state index is 12.7. The van der Waals surface area contributed by atoms with Crippen molar-refractivity contribution in [1.29, 1.82) is 0 Å². The van der Waals surface area contributed by atoms with Gasteiger partial charge in [0.1, 0.15) is 0 Å². The van der Waals surface area contributed by atoms with E-state index >= 15 is 0 Å². The van der Waals surface area contributed by atoms with Crippen LogP contribution in [0.3, 0.4) is 0 Å².